The van der Waals surface area contributed by atoms with Crippen LogP contribution in [0.4, 0.5) is 0 Å². The van der Waals surface area contributed by atoms with Gasteiger partial charge in [0.05, 0.1) is 6.54 Å². The van der Waals surface area contributed by atoms with Crippen molar-refractivity contribution in [2.24, 2.45) is 10.9 Å². The van der Waals surface area contributed by atoms with Gasteiger partial charge >= 0.3 is 0 Å². The zero-order chi connectivity index (χ0) is 20.1. The van der Waals surface area contributed by atoms with E-state index in [1.807, 2.05) is 31.2 Å². The van der Waals surface area contributed by atoms with Crippen LogP contribution in [0.2, 0.25) is 0 Å². The highest BCUT2D eigenvalue weighted by atomic mass is 16.5. The number of likely N-dealkylation sites (N-methyl/N-ethyl adjacent to an activating group) is 1. The van der Waals surface area contributed by atoms with E-state index in [-0.39, 0.29) is 12.5 Å². The van der Waals surface area contributed by atoms with Crippen molar-refractivity contribution < 1.29 is 9.53 Å². The van der Waals surface area contributed by atoms with Crippen LogP contribution in [-0.2, 0) is 11.3 Å². The van der Waals surface area contributed by atoms with Gasteiger partial charge in [0.15, 0.2) is 12.6 Å². The summed E-state index contributed by atoms with van der Waals surface area (Å²) < 4.78 is 5.54. The minimum atomic E-state index is -0.116. The van der Waals surface area contributed by atoms with Crippen LogP contribution in [-0.4, -0.2) is 37.6 Å². The first kappa shape index (κ1) is 22.8. The van der Waals surface area contributed by atoms with E-state index in [4.69, 9.17) is 4.74 Å². The second kappa shape index (κ2) is 13.0. The van der Waals surface area contributed by atoms with Gasteiger partial charge in [0.2, 0.25) is 0 Å². The van der Waals surface area contributed by atoms with Gasteiger partial charge in [-0.3, -0.25) is 4.79 Å². The second-order valence-corrected chi connectivity index (χ2v) is 7.10. The van der Waals surface area contributed by atoms with Crippen LogP contribution in [0.5, 0.6) is 5.75 Å². The smallest absolute Gasteiger partial charge is 0.257 e. The molecule has 0 aliphatic carbocycles. The number of nitrogens with one attached hydrogen (secondary N) is 3. The van der Waals surface area contributed by atoms with Crippen molar-refractivity contribution in [3.05, 3.63) is 29.8 Å². The summed E-state index contributed by atoms with van der Waals surface area (Å²) >= 11 is 0. The Morgan fingerprint density at radius 2 is 1.85 bits per heavy atom. The molecule has 0 aliphatic rings. The average molecular weight is 377 g/mol. The van der Waals surface area contributed by atoms with E-state index in [0.29, 0.717) is 30.8 Å². The Bertz CT molecular complexity index is 587. The highest BCUT2D eigenvalue weighted by Gasteiger charge is 2.07. The Balaban J connectivity index is 2.62. The largest absolute Gasteiger partial charge is 0.484 e. The first-order chi connectivity index (χ1) is 12.9. The molecule has 3 N–H and O–H groups in total. The molecule has 1 amide bonds. The standard InChI is InChI=1S/C21H36N4O2/c1-6-22-20(26)15-27-19-10-8-9-18(13-19)14-24-21(23-7-2)25-17(5)12-11-16(3)4/h8-10,13,16-17H,6-7,11-12,14-15H2,1-5H3,(H,22,26)(H2,23,24,25). The van der Waals surface area contributed by atoms with Crippen molar-refractivity contribution in [1.82, 2.24) is 16.0 Å². The van der Waals surface area contributed by atoms with Gasteiger partial charge in [0.1, 0.15) is 5.75 Å². The lowest BCUT2D eigenvalue weighted by molar-refractivity contribution is -0.122. The molecule has 0 heterocycles. The number of carbonyl (C=O) groups is 1. The number of carbonyl (C=O) groups excluding carboxylic acids is 1. The molecule has 152 valence electrons. The van der Waals surface area contributed by atoms with Crippen LogP contribution in [0.25, 0.3) is 0 Å². The number of guanidine groups is 1. The zero-order valence-corrected chi connectivity index (χ0v) is 17.5. The van der Waals surface area contributed by atoms with Crippen LogP contribution in [0.1, 0.15) is 53.0 Å². The van der Waals surface area contributed by atoms with Gasteiger partial charge in [-0.1, -0.05) is 26.0 Å². The number of aliphatic imine (C=N–C) groups is 1. The maximum Gasteiger partial charge on any atom is 0.257 e. The van der Waals surface area contributed by atoms with Gasteiger partial charge in [0, 0.05) is 19.1 Å². The Kier molecular flexibility index (Phi) is 11.0. The van der Waals surface area contributed by atoms with Gasteiger partial charge in [-0.05, 0) is 57.2 Å². The summed E-state index contributed by atoms with van der Waals surface area (Å²) in [5.41, 5.74) is 1.04. The van der Waals surface area contributed by atoms with E-state index in [0.717, 1.165) is 24.5 Å². The third kappa shape index (κ3) is 10.5. The molecule has 0 aliphatic heterocycles. The summed E-state index contributed by atoms with van der Waals surface area (Å²) in [6, 6.07) is 8.08. The van der Waals surface area contributed by atoms with Crippen molar-refractivity contribution in [1.29, 1.82) is 0 Å². The molecule has 1 atom stereocenters. The minimum absolute atomic E-state index is 0.0259. The number of rotatable bonds is 11. The molecule has 1 unspecified atom stereocenters. The number of ether oxygens (including phenoxy) is 1. The molecule has 0 bridgehead atoms. The molecule has 0 saturated carbocycles. The molecule has 0 fully saturated rings. The van der Waals surface area contributed by atoms with Crippen molar-refractivity contribution in [2.75, 3.05) is 19.7 Å². The van der Waals surface area contributed by atoms with E-state index >= 15 is 0 Å². The van der Waals surface area contributed by atoms with Gasteiger partial charge < -0.3 is 20.7 Å². The van der Waals surface area contributed by atoms with E-state index < -0.39 is 0 Å². The Morgan fingerprint density at radius 3 is 2.52 bits per heavy atom. The van der Waals surface area contributed by atoms with E-state index in [9.17, 15) is 4.79 Å². The Labute approximate surface area is 164 Å². The molecule has 1 aromatic rings. The van der Waals surface area contributed by atoms with Gasteiger partial charge in [-0.15, -0.1) is 0 Å². The van der Waals surface area contributed by atoms with E-state index in [1.165, 1.54) is 6.42 Å². The van der Waals surface area contributed by atoms with Gasteiger partial charge in [-0.25, -0.2) is 4.99 Å². The topological polar surface area (TPSA) is 74.8 Å². The molecule has 0 spiro atoms. The van der Waals surface area contributed by atoms with E-state index in [2.05, 4.69) is 48.6 Å². The lowest BCUT2D eigenvalue weighted by Gasteiger charge is -2.18. The fraction of sp³-hybridized carbons (Fsp3) is 0.619. The average Bonchev–Trinajstić information content (AvgIpc) is 2.63. The van der Waals surface area contributed by atoms with Crippen molar-refractivity contribution in [2.45, 2.75) is 60.0 Å². The lowest BCUT2D eigenvalue weighted by atomic mass is 10.0. The second-order valence-electron chi connectivity index (χ2n) is 7.10. The zero-order valence-electron chi connectivity index (χ0n) is 17.5. The molecule has 0 radical (unpaired) electrons. The normalized spacial score (nSPS) is 12.6. The molecule has 0 saturated heterocycles. The molecular formula is C21H36N4O2. The van der Waals surface area contributed by atoms with Gasteiger partial charge in [-0.2, -0.15) is 0 Å². The predicted octanol–water partition coefficient (Wildman–Crippen LogP) is 3.08. The molecule has 1 rings (SSSR count). The van der Waals surface area contributed by atoms with E-state index in [1.54, 1.807) is 0 Å². The molecule has 6 nitrogen and oxygen atoms in total. The number of hydrogen-bond acceptors (Lipinski definition) is 3. The number of nitrogens with zero attached hydrogens (tertiary/aromatic N) is 1. The quantitative estimate of drug-likeness (QED) is 0.410. The maximum atomic E-state index is 11.5. The molecule has 1 aromatic carbocycles. The van der Waals surface area contributed by atoms with Crippen LogP contribution >= 0.6 is 0 Å². The third-order valence-electron chi connectivity index (χ3n) is 3.97. The minimum Gasteiger partial charge on any atom is -0.484 e. The fourth-order valence-corrected chi connectivity index (χ4v) is 2.51. The summed E-state index contributed by atoms with van der Waals surface area (Å²) in [6.07, 6.45) is 2.31. The van der Waals surface area contributed by atoms with Crippen LogP contribution in [0, 0.1) is 5.92 Å². The van der Waals surface area contributed by atoms with Crippen LogP contribution < -0.4 is 20.7 Å². The van der Waals surface area contributed by atoms with Crippen LogP contribution in [0.3, 0.4) is 0 Å². The predicted molar refractivity (Wildman–Crippen MR) is 112 cm³/mol. The number of benzene rings is 1. The summed E-state index contributed by atoms with van der Waals surface area (Å²) in [7, 11) is 0. The van der Waals surface area contributed by atoms with Crippen molar-refractivity contribution in [3.8, 4) is 5.75 Å². The molecule has 6 heteroatoms. The maximum absolute atomic E-state index is 11.5. The first-order valence-electron chi connectivity index (χ1n) is 9.97. The number of amides is 1. The molecule has 27 heavy (non-hydrogen) atoms. The summed E-state index contributed by atoms with van der Waals surface area (Å²) in [5, 5.41) is 9.48. The SMILES string of the molecule is CCNC(=O)COc1cccc(CN=C(NCC)NC(C)CCC(C)C)c1. The fourth-order valence-electron chi connectivity index (χ4n) is 2.51. The summed E-state index contributed by atoms with van der Waals surface area (Å²) in [6.45, 7) is 12.6. The number of hydrogen-bond donors (Lipinski definition) is 3. The monoisotopic (exact) mass is 376 g/mol. The highest BCUT2D eigenvalue weighted by molar-refractivity contribution is 5.80. The van der Waals surface area contributed by atoms with Crippen LogP contribution in [0.15, 0.2) is 29.3 Å². The van der Waals surface area contributed by atoms with Gasteiger partial charge in [0.25, 0.3) is 5.91 Å². The third-order valence-corrected chi connectivity index (χ3v) is 3.97. The first-order valence-corrected chi connectivity index (χ1v) is 9.97. The lowest BCUT2D eigenvalue weighted by Crippen LogP contribution is -2.42. The summed E-state index contributed by atoms with van der Waals surface area (Å²) in [5.74, 6) is 2.09. The Hall–Kier alpha value is -2.24. The Morgan fingerprint density at radius 1 is 1.11 bits per heavy atom. The summed E-state index contributed by atoms with van der Waals surface area (Å²) in [4.78, 5) is 16.2. The molecule has 0 aromatic heterocycles. The van der Waals surface area contributed by atoms with Crippen molar-refractivity contribution >= 4 is 11.9 Å². The molecular weight excluding hydrogens is 340 g/mol. The highest BCUT2D eigenvalue weighted by Crippen LogP contribution is 2.14. The van der Waals surface area contributed by atoms with Crippen molar-refractivity contribution in [3.63, 3.8) is 0 Å².